The Balaban J connectivity index is 2.02. The Bertz CT molecular complexity index is 891. The Morgan fingerprint density at radius 3 is 2.77 bits per heavy atom. The van der Waals surface area contributed by atoms with Crippen LogP contribution in [0.5, 0.6) is 11.5 Å². The van der Waals surface area contributed by atoms with E-state index in [0.29, 0.717) is 48.7 Å². The number of aryl methyl sites for hydroxylation is 1. The minimum atomic E-state index is -0.585. The maximum atomic E-state index is 11.1. The topological polar surface area (TPSA) is 126 Å². The lowest BCUT2D eigenvalue weighted by atomic mass is 10.0. The molecule has 0 unspecified atom stereocenters. The number of carbonyl (C=O) groups excluding carboxylic acids is 1. The van der Waals surface area contributed by atoms with Crippen LogP contribution in [0.25, 0.3) is 0 Å². The number of ether oxygens (including phenoxy) is 3. The van der Waals surface area contributed by atoms with Crippen LogP contribution >= 0.6 is 11.6 Å². The number of nitrogens with zero attached hydrogens (tertiary/aromatic N) is 3. The quantitative estimate of drug-likeness (QED) is 0.678. The predicted octanol–water partition coefficient (Wildman–Crippen LogP) is 2.25. The number of nitrogen functional groups attached to an aromatic ring is 1. The third-order valence-corrected chi connectivity index (χ3v) is 4.91. The van der Waals surface area contributed by atoms with Gasteiger partial charge in [-0.25, -0.2) is 4.98 Å². The molecule has 0 aliphatic carbocycles. The van der Waals surface area contributed by atoms with Crippen LogP contribution in [0.2, 0.25) is 5.02 Å². The molecule has 0 bridgehead atoms. The van der Waals surface area contributed by atoms with E-state index >= 15 is 0 Å². The fourth-order valence-electron chi connectivity index (χ4n) is 3.37. The van der Waals surface area contributed by atoms with E-state index in [4.69, 9.17) is 37.3 Å². The highest BCUT2D eigenvalue weighted by molar-refractivity contribution is 6.31. The summed E-state index contributed by atoms with van der Waals surface area (Å²) in [6, 6.07) is 5.11. The van der Waals surface area contributed by atoms with Crippen LogP contribution < -0.4 is 25.8 Å². The number of rotatable bonds is 7. The molecule has 0 spiro atoms. The zero-order chi connectivity index (χ0) is 21.7. The number of halogens is 1. The Morgan fingerprint density at radius 1 is 1.30 bits per heavy atom. The molecular weight excluding hydrogens is 410 g/mol. The van der Waals surface area contributed by atoms with E-state index in [0.717, 1.165) is 17.7 Å². The highest BCUT2D eigenvalue weighted by Gasteiger charge is 2.28. The van der Waals surface area contributed by atoms with Gasteiger partial charge in [0.25, 0.3) is 5.91 Å². The first kappa shape index (κ1) is 21.9. The Labute approximate surface area is 180 Å². The number of aromatic nitrogens is 2. The van der Waals surface area contributed by atoms with Gasteiger partial charge in [0.1, 0.15) is 5.82 Å². The van der Waals surface area contributed by atoms with Crippen LogP contribution in [0, 0.1) is 6.92 Å². The molecule has 1 fully saturated rings. The lowest BCUT2D eigenvalue weighted by Gasteiger charge is -2.32. The van der Waals surface area contributed by atoms with Crippen LogP contribution in [-0.4, -0.2) is 48.8 Å². The van der Waals surface area contributed by atoms with Crippen molar-refractivity contribution in [2.75, 3.05) is 43.6 Å². The lowest BCUT2D eigenvalue weighted by Crippen LogP contribution is -2.32. The molecule has 162 valence electrons. The molecule has 30 heavy (non-hydrogen) atoms. The normalized spacial score (nSPS) is 16.8. The number of amides is 1. The van der Waals surface area contributed by atoms with Crippen molar-refractivity contribution < 1.29 is 19.0 Å². The molecule has 9 nitrogen and oxygen atoms in total. The molecule has 1 aromatic heterocycles. The molecule has 10 heteroatoms. The molecule has 2 aromatic rings. The summed E-state index contributed by atoms with van der Waals surface area (Å²) in [6.07, 6.45) is 0.829. The molecular formula is C20H26ClN5O4. The van der Waals surface area contributed by atoms with Crippen LogP contribution in [-0.2, 0) is 9.53 Å². The van der Waals surface area contributed by atoms with Gasteiger partial charge in [-0.15, -0.1) is 0 Å². The average Bonchev–Trinajstić information content (AvgIpc) is 2.93. The molecule has 0 radical (unpaired) electrons. The number of anilines is 2. The number of hydrogen-bond acceptors (Lipinski definition) is 8. The van der Waals surface area contributed by atoms with E-state index in [1.165, 1.54) is 0 Å². The van der Waals surface area contributed by atoms with Gasteiger partial charge >= 0.3 is 0 Å². The number of nitrogens with two attached hydrogens (primary N) is 2. The third kappa shape index (κ3) is 5.22. The molecule has 1 atom stereocenters. The van der Waals surface area contributed by atoms with Crippen LogP contribution in [0.4, 0.5) is 11.8 Å². The van der Waals surface area contributed by atoms with Crippen molar-refractivity contribution in [3.8, 4) is 11.5 Å². The third-order valence-electron chi connectivity index (χ3n) is 4.58. The summed E-state index contributed by atoms with van der Waals surface area (Å²) < 4.78 is 17.0. The fourth-order valence-corrected chi connectivity index (χ4v) is 3.65. The first-order chi connectivity index (χ1) is 14.4. The Morgan fingerprint density at radius 2 is 2.07 bits per heavy atom. The van der Waals surface area contributed by atoms with E-state index in [2.05, 4.69) is 14.9 Å². The number of primary amides is 1. The van der Waals surface area contributed by atoms with Gasteiger partial charge in [0, 0.05) is 36.0 Å². The standard InChI is InChI=1S/C20H26ClN5O4/c1-3-29-16-8-13(14(21)9-17(16)30-11-18(22)27)15-10-28-6-4-5-26(15)19-7-12(2)24-20(23)25-19/h7-9,15H,3-6,10-11H2,1-2H3,(H2,22,27)(H2,23,24,25)/t15-/m0/s1. The summed E-state index contributed by atoms with van der Waals surface area (Å²) in [5.41, 5.74) is 12.6. The van der Waals surface area contributed by atoms with Crippen LogP contribution in [0.1, 0.15) is 30.6 Å². The summed E-state index contributed by atoms with van der Waals surface area (Å²) in [4.78, 5) is 21.8. The van der Waals surface area contributed by atoms with Crippen molar-refractivity contribution in [3.05, 3.63) is 34.5 Å². The molecule has 1 amide bonds. The summed E-state index contributed by atoms with van der Waals surface area (Å²) >= 11 is 6.63. The minimum Gasteiger partial charge on any atom is -0.490 e. The summed E-state index contributed by atoms with van der Waals surface area (Å²) in [6.45, 7) is 5.63. The van der Waals surface area contributed by atoms with Gasteiger partial charge in [0.05, 0.1) is 19.3 Å². The second-order valence-corrected chi connectivity index (χ2v) is 7.28. The molecule has 1 aliphatic heterocycles. The zero-order valence-electron chi connectivity index (χ0n) is 17.1. The van der Waals surface area contributed by atoms with E-state index in [1.54, 1.807) is 6.07 Å². The summed E-state index contributed by atoms with van der Waals surface area (Å²) in [5.74, 6) is 1.16. The van der Waals surface area contributed by atoms with E-state index < -0.39 is 5.91 Å². The second-order valence-electron chi connectivity index (χ2n) is 6.87. The van der Waals surface area contributed by atoms with E-state index in [-0.39, 0.29) is 18.6 Å². The Kier molecular flexibility index (Phi) is 7.17. The molecule has 4 N–H and O–H groups in total. The fraction of sp³-hybridized carbons (Fsp3) is 0.450. The lowest BCUT2D eigenvalue weighted by molar-refractivity contribution is -0.119. The first-order valence-electron chi connectivity index (χ1n) is 9.72. The molecule has 0 saturated carbocycles. The van der Waals surface area contributed by atoms with Crippen LogP contribution in [0.15, 0.2) is 18.2 Å². The molecule has 3 rings (SSSR count). The zero-order valence-corrected chi connectivity index (χ0v) is 17.8. The van der Waals surface area contributed by atoms with Crippen molar-refractivity contribution in [1.29, 1.82) is 0 Å². The van der Waals surface area contributed by atoms with Gasteiger partial charge < -0.3 is 30.6 Å². The van der Waals surface area contributed by atoms with Crippen molar-refractivity contribution >= 4 is 29.3 Å². The van der Waals surface area contributed by atoms with Gasteiger partial charge in [-0.05, 0) is 31.9 Å². The van der Waals surface area contributed by atoms with Crippen molar-refractivity contribution in [1.82, 2.24) is 9.97 Å². The SMILES string of the molecule is CCOc1cc([C@@H]2COCCCN2c2cc(C)nc(N)n2)c(Cl)cc1OCC(N)=O. The van der Waals surface area contributed by atoms with Gasteiger partial charge in [-0.2, -0.15) is 4.98 Å². The van der Waals surface area contributed by atoms with Crippen molar-refractivity contribution in [2.24, 2.45) is 5.73 Å². The number of benzene rings is 1. The Hall–Kier alpha value is -2.78. The van der Waals surface area contributed by atoms with Gasteiger partial charge in [-0.1, -0.05) is 11.6 Å². The van der Waals surface area contributed by atoms with Crippen molar-refractivity contribution in [2.45, 2.75) is 26.3 Å². The molecule has 1 aromatic carbocycles. The van der Waals surface area contributed by atoms with E-state index in [1.807, 2.05) is 26.0 Å². The maximum Gasteiger partial charge on any atom is 0.255 e. The molecule has 1 aliphatic rings. The largest absolute Gasteiger partial charge is 0.490 e. The minimum absolute atomic E-state index is 0.213. The summed E-state index contributed by atoms with van der Waals surface area (Å²) in [5, 5.41) is 0.456. The van der Waals surface area contributed by atoms with Crippen LogP contribution in [0.3, 0.4) is 0 Å². The average molecular weight is 436 g/mol. The first-order valence-corrected chi connectivity index (χ1v) is 10.1. The highest BCUT2D eigenvalue weighted by atomic mass is 35.5. The highest BCUT2D eigenvalue weighted by Crippen LogP contribution is 2.40. The van der Waals surface area contributed by atoms with Gasteiger partial charge in [-0.3, -0.25) is 4.79 Å². The van der Waals surface area contributed by atoms with Gasteiger partial charge in [0.15, 0.2) is 18.1 Å². The molecule has 1 saturated heterocycles. The monoisotopic (exact) mass is 435 g/mol. The van der Waals surface area contributed by atoms with Crippen molar-refractivity contribution in [3.63, 3.8) is 0 Å². The number of hydrogen-bond donors (Lipinski definition) is 2. The smallest absolute Gasteiger partial charge is 0.255 e. The second kappa shape index (κ2) is 9.82. The van der Waals surface area contributed by atoms with E-state index in [9.17, 15) is 4.79 Å². The predicted molar refractivity (Wildman–Crippen MR) is 114 cm³/mol. The molecule has 2 heterocycles. The maximum absolute atomic E-state index is 11.1. The van der Waals surface area contributed by atoms with Gasteiger partial charge in [0.2, 0.25) is 5.95 Å². The number of carbonyl (C=O) groups is 1. The summed E-state index contributed by atoms with van der Waals surface area (Å²) in [7, 11) is 0.